The van der Waals surface area contributed by atoms with Gasteiger partial charge in [0.15, 0.2) is 5.03 Å². The predicted molar refractivity (Wildman–Crippen MR) is 64.6 cm³/mol. The zero-order valence-electron chi connectivity index (χ0n) is 10.3. The summed E-state index contributed by atoms with van der Waals surface area (Å²) in [5.74, 6) is -0.468. The molecular formula is C10H17N3O4S. The lowest BCUT2D eigenvalue weighted by molar-refractivity contribution is -0.137. The van der Waals surface area contributed by atoms with Gasteiger partial charge >= 0.3 is 5.97 Å². The molecule has 0 amide bonds. The number of H-pyrrole nitrogens is 1. The van der Waals surface area contributed by atoms with Crippen molar-refractivity contribution < 1.29 is 18.3 Å². The highest BCUT2D eigenvalue weighted by Crippen LogP contribution is 2.09. The summed E-state index contributed by atoms with van der Waals surface area (Å²) in [6.45, 7) is 3.57. The Morgan fingerprint density at radius 3 is 2.67 bits per heavy atom. The maximum atomic E-state index is 11.9. The van der Waals surface area contributed by atoms with Crippen LogP contribution in [-0.2, 0) is 21.2 Å². The summed E-state index contributed by atoms with van der Waals surface area (Å²) in [6, 6.07) is -0.624. The smallest absolute Gasteiger partial charge is 0.304 e. The standard InChI is InChI=1S/C10H17N3O4S/c1-3-7(5-10(14)15)13-18(16,17)9-6-11-8(4-2)12-9/h6-7,13H,3-5H2,1-2H3,(H,11,12)(H,14,15). The normalized spacial score (nSPS) is 13.4. The average molecular weight is 275 g/mol. The van der Waals surface area contributed by atoms with Crippen LogP contribution in [0, 0.1) is 0 Å². The van der Waals surface area contributed by atoms with Gasteiger partial charge in [0.25, 0.3) is 10.0 Å². The van der Waals surface area contributed by atoms with Crippen LogP contribution in [0.5, 0.6) is 0 Å². The molecule has 0 saturated carbocycles. The van der Waals surface area contributed by atoms with Crippen molar-refractivity contribution in [2.24, 2.45) is 0 Å². The van der Waals surface area contributed by atoms with Crippen LogP contribution in [0.15, 0.2) is 11.2 Å². The molecule has 0 saturated heterocycles. The lowest BCUT2D eigenvalue weighted by Crippen LogP contribution is -2.36. The molecule has 1 rings (SSSR count). The van der Waals surface area contributed by atoms with E-state index >= 15 is 0 Å². The van der Waals surface area contributed by atoms with Crippen LogP contribution >= 0.6 is 0 Å². The van der Waals surface area contributed by atoms with E-state index in [0.29, 0.717) is 18.7 Å². The lowest BCUT2D eigenvalue weighted by Gasteiger charge is -2.13. The third kappa shape index (κ3) is 3.81. The van der Waals surface area contributed by atoms with E-state index in [4.69, 9.17) is 5.11 Å². The maximum Gasteiger partial charge on any atom is 0.304 e. The maximum absolute atomic E-state index is 11.9. The van der Waals surface area contributed by atoms with Gasteiger partial charge in [0.1, 0.15) is 5.82 Å². The van der Waals surface area contributed by atoms with Crippen LogP contribution in [0.25, 0.3) is 0 Å². The number of aromatic nitrogens is 2. The molecule has 1 aromatic heterocycles. The molecule has 18 heavy (non-hydrogen) atoms. The van der Waals surface area contributed by atoms with E-state index in [9.17, 15) is 13.2 Å². The fraction of sp³-hybridized carbons (Fsp3) is 0.600. The van der Waals surface area contributed by atoms with Crippen LogP contribution < -0.4 is 4.72 Å². The molecule has 7 nitrogen and oxygen atoms in total. The summed E-state index contributed by atoms with van der Waals surface area (Å²) in [4.78, 5) is 17.2. The second-order valence-corrected chi connectivity index (χ2v) is 5.55. The highest BCUT2D eigenvalue weighted by atomic mass is 32.2. The molecule has 1 aromatic rings. The van der Waals surface area contributed by atoms with E-state index in [1.165, 1.54) is 6.20 Å². The number of carboxylic acid groups (broad SMARTS) is 1. The number of sulfonamides is 1. The largest absolute Gasteiger partial charge is 0.481 e. The molecule has 1 atom stereocenters. The van der Waals surface area contributed by atoms with Gasteiger partial charge < -0.3 is 10.1 Å². The molecule has 0 spiro atoms. The molecule has 102 valence electrons. The van der Waals surface area contributed by atoms with E-state index in [1.54, 1.807) is 6.92 Å². The van der Waals surface area contributed by atoms with Gasteiger partial charge in [0, 0.05) is 12.5 Å². The summed E-state index contributed by atoms with van der Waals surface area (Å²) >= 11 is 0. The fourth-order valence-corrected chi connectivity index (χ4v) is 2.68. The number of hydrogen-bond donors (Lipinski definition) is 3. The Hall–Kier alpha value is -1.41. The number of carboxylic acids is 1. The third-order valence-corrected chi connectivity index (χ3v) is 3.90. The van der Waals surface area contributed by atoms with Crippen molar-refractivity contribution in [3.8, 4) is 0 Å². The van der Waals surface area contributed by atoms with Gasteiger partial charge in [-0.25, -0.2) is 18.1 Å². The molecule has 0 fully saturated rings. The van der Waals surface area contributed by atoms with Crippen molar-refractivity contribution in [3.05, 3.63) is 12.0 Å². The number of aromatic amines is 1. The number of nitrogens with zero attached hydrogens (tertiary/aromatic N) is 1. The van der Waals surface area contributed by atoms with Crippen LogP contribution in [-0.4, -0.2) is 35.5 Å². The minimum Gasteiger partial charge on any atom is -0.481 e. The minimum absolute atomic E-state index is 0.0387. The number of carbonyl (C=O) groups is 1. The van der Waals surface area contributed by atoms with Crippen LogP contribution in [0.3, 0.4) is 0 Å². The Bertz CT molecular complexity index is 509. The van der Waals surface area contributed by atoms with Crippen molar-refractivity contribution in [3.63, 3.8) is 0 Å². The van der Waals surface area contributed by atoms with Gasteiger partial charge in [-0.2, -0.15) is 0 Å². The second kappa shape index (κ2) is 5.96. The van der Waals surface area contributed by atoms with Crippen LogP contribution in [0.1, 0.15) is 32.5 Å². The van der Waals surface area contributed by atoms with Crippen molar-refractivity contribution in [2.75, 3.05) is 0 Å². The number of hydrogen-bond acceptors (Lipinski definition) is 4. The number of aliphatic carboxylic acids is 1. The highest BCUT2D eigenvalue weighted by Gasteiger charge is 2.22. The Morgan fingerprint density at radius 1 is 1.56 bits per heavy atom. The van der Waals surface area contributed by atoms with E-state index in [-0.39, 0.29) is 11.4 Å². The average Bonchev–Trinajstić information content (AvgIpc) is 2.76. The van der Waals surface area contributed by atoms with Gasteiger partial charge in [0.2, 0.25) is 0 Å². The Morgan fingerprint density at radius 2 is 2.22 bits per heavy atom. The highest BCUT2D eigenvalue weighted by molar-refractivity contribution is 7.89. The van der Waals surface area contributed by atoms with E-state index in [2.05, 4.69) is 14.7 Å². The molecule has 0 radical (unpaired) electrons. The topological polar surface area (TPSA) is 112 Å². The Balaban J connectivity index is 2.83. The molecule has 0 aromatic carbocycles. The summed E-state index contributed by atoms with van der Waals surface area (Å²) in [5.41, 5.74) is 0. The summed E-state index contributed by atoms with van der Waals surface area (Å²) in [7, 11) is -3.74. The van der Waals surface area contributed by atoms with Gasteiger partial charge in [-0.1, -0.05) is 13.8 Å². The van der Waals surface area contributed by atoms with E-state index in [1.807, 2.05) is 6.92 Å². The molecule has 1 heterocycles. The number of aryl methyl sites for hydroxylation is 1. The van der Waals surface area contributed by atoms with Gasteiger partial charge in [-0.3, -0.25) is 4.79 Å². The van der Waals surface area contributed by atoms with Crippen molar-refractivity contribution in [1.82, 2.24) is 14.7 Å². The summed E-state index contributed by atoms with van der Waals surface area (Å²) in [5, 5.41) is 8.63. The Kier molecular flexibility index (Phi) is 4.85. The molecular weight excluding hydrogens is 258 g/mol. The van der Waals surface area contributed by atoms with Crippen LogP contribution in [0.4, 0.5) is 0 Å². The van der Waals surface area contributed by atoms with Gasteiger partial charge in [0.05, 0.1) is 12.6 Å². The SMILES string of the molecule is CCc1ncc(S(=O)(=O)NC(CC)CC(=O)O)[nH]1. The number of rotatable bonds is 7. The molecule has 0 aliphatic carbocycles. The molecule has 3 N–H and O–H groups in total. The van der Waals surface area contributed by atoms with Crippen LogP contribution in [0.2, 0.25) is 0 Å². The zero-order chi connectivity index (χ0) is 13.8. The lowest BCUT2D eigenvalue weighted by atomic mass is 10.2. The monoisotopic (exact) mass is 275 g/mol. The quantitative estimate of drug-likeness (QED) is 0.671. The first-order valence-electron chi connectivity index (χ1n) is 5.67. The molecule has 0 aliphatic rings. The number of nitrogens with one attached hydrogen (secondary N) is 2. The van der Waals surface area contributed by atoms with Crippen molar-refractivity contribution >= 4 is 16.0 Å². The van der Waals surface area contributed by atoms with Crippen molar-refractivity contribution in [2.45, 2.75) is 44.2 Å². The molecule has 0 aliphatic heterocycles. The fourth-order valence-electron chi connectivity index (χ4n) is 1.42. The predicted octanol–water partition coefficient (Wildman–Crippen LogP) is 0.504. The first-order valence-corrected chi connectivity index (χ1v) is 7.15. The second-order valence-electron chi connectivity index (χ2n) is 3.87. The van der Waals surface area contributed by atoms with E-state index < -0.39 is 22.0 Å². The molecule has 1 unspecified atom stereocenters. The van der Waals surface area contributed by atoms with Gasteiger partial charge in [-0.15, -0.1) is 0 Å². The van der Waals surface area contributed by atoms with E-state index in [0.717, 1.165) is 0 Å². The zero-order valence-corrected chi connectivity index (χ0v) is 11.1. The number of imidazole rings is 1. The first kappa shape index (κ1) is 14.7. The minimum atomic E-state index is -3.74. The molecule has 8 heteroatoms. The molecule has 0 bridgehead atoms. The van der Waals surface area contributed by atoms with Crippen molar-refractivity contribution in [1.29, 1.82) is 0 Å². The van der Waals surface area contributed by atoms with Gasteiger partial charge in [-0.05, 0) is 6.42 Å². The third-order valence-electron chi connectivity index (χ3n) is 2.47. The Labute approximate surface area is 106 Å². The summed E-state index contributed by atoms with van der Waals surface area (Å²) in [6.07, 6.45) is 1.99. The first-order chi connectivity index (χ1) is 8.39. The summed E-state index contributed by atoms with van der Waals surface area (Å²) < 4.78 is 26.2.